The summed E-state index contributed by atoms with van der Waals surface area (Å²) in [5.74, 6) is 0.786. The Hall–Kier alpha value is -1.33. The summed E-state index contributed by atoms with van der Waals surface area (Å²) in [7, 11) is 0. The van der Waals surface area contributed by atoms with Gasteiger partial charge in [-0.2, -0.15) is 0 Å². The van der Waals surface area contributed by atoms with Crippen molar-refractivity contribution in [3.8, 4) is 5.75 Å². The zero-order valence-electron chi connectivity index (χ0n) is 10.8. The van der Waals surface area contributed by atoms with Crippen molar-refractivity contribution >= 4 is 33.3 Å². The average Bonchev–Trinajstić information content (AvgIpc) is 2.38. The summed E-state index contributed by atoms with van der Waals surface area (Å²) in [6.45, 7) is 2.93. The lowest BCUT2D eigenvalue weighted by Crippen LogP contribution is -2.04. The van der Waals surface area contributed by atoms with E-state index in [0.29, 0.717) is 20.9 Å². The maximum Gasteiger partial charge on any atom is 0.132 e. The molecule has 2 aromatic rings. The highest BCUT2D eigenvalue weighted by Gasteiger charge is 2.06. The molecule has 0 bridgehead atoms. The molecule has 1 aromatic carbocycles. The number of halogens is 3. The largest absolute Gasteiger partial charge is 0.487 e. The number of nitrogens with one attached hydrogen (secondary N) is 1. The second-order valence-corrected chi connectivity index (χ2v) is 5.37. The molecule has 0 spiro atoms. The molecule has 2 rings (SSSR count). The molecule has 106 valence electrons. The number of aromatic nitrogens is 1. The summed E-state index contributed by atoms with van der Waals surface area (Å²) in [5.41, 5.74) is 0.602. The third-order valence-corrected chi connectivity index (χ3v) is 3.29. The molecule has 20 heavy (non-hydrogen) atoms. The summed E-state index contributed by atoms with van der Waals surface area (Å²) in [5, 5.41) is 3.61. The first kappa shape index (κ1) is 15.1. The predicted octanol–water partition coefficient (Wildman–Crippen LogP) is 4.65. The Kier molecular flexibility index (Phi) is 5.20. The molecular weight excluding hydrogens is 347 g/mol. The molecule has 0 aliphatic rings. The lowest BCUT2D eigenvalue weighted by molar-refractivity contribution is 0.300. The molecule has 0 aliphatic heterocycles. The molecular formula is C14H13BrClFN2O. The Labute approximate surface area is 130 Å². The summed E-state index contributed by atoms with van der Waals surface area (Å²) in [4.78, 5) is 4.35. The van der Waals surface area contributed by atoms with Crippen LogP contribution in [0.2, 0.25) is 5.02 Å². The van der Waals surface area contributed by atoms with Crippen LogP contribution in [-0.2, 0) is 6.61 Å². The second kappa shape index (κ2) is 6.90. The molecule has 0 aliphatic carbocycles. The Bertz CT molecular complexity index is 589. The third-order valence-electron chi connectivity index (χ3n) is 2.49. The van der Waals surface area contributed by atoms with Crippen molar-refractivity contribution in [3.05, 3.63) is 51.3 Å². The fourth-order valence-electron chi connectivity index (χ4n) is 1.63. The number of rotatable bonds is 5. The number of ether oxygens (including phenoxy) is 1. The highest BCUT2D eigenvalue weighted by Crippen LogP contribution is 2.23. The SMILES string of the molecule is CCNc1ccc(Cl)c(COc2cc(F)cc(Br)c2)n1. The van der Waals surface area contributed by atoms with Gasteiger partial charge in [0.05, 0.1) is 10.7 Å². The Morgan fingerprint density at radius 1 is 1.35 bits per heavy atom. The van der Waals surface area contributed by atoms with Gasteiger partial charge in [0.25, 0.3) is 0 Å². The molecule has 1 N–H and O–H groups in total. The van der Waals surface area contributed by atoms with Gasteiger partial charge in [0.15, 0.2) is 0 Å². The van der Waals surface area contributed by atoms with Crippen LogP contribution in [0.4, 0.5) is 10.2 Å². The van der Waals surface area contributed by atoms with E-state index in [2.05, 4.69) is 26.2 Å². The van der Waals surface area contributed by atoms with E-state index in [0.717, 1.165) is 12.4 Å². The lowest BCUT2D eigenvalue weighted by Gasteiger charge is -2.10. The van der Waals surface area contributed by atoms with Gasteiger partial charge in [0.1, 0.15) is 24.0 Å². The van der Waals surface area contributed by atoms with E-state index in [-0.39, 0.29) is 12.4 Å². The van der Waals surface area contributed by atoms with Gasteiger partial charge in [0, 0.05) is 17.1 Å². The summed E-state index contributed by atoms with van der Waals surface area (Å²) in [6.07, 6.45) is 0. The van der Waals surface area contributed by atoms with Crippen LogP contribution in [0.25, 0.3) is 0 Å². The van der Waals surface area contributed by atoms with Crippen LogP contribution >= 0.6 is 27.5 Å². The predicted molar refractivity (Wildman–Crippen MR) is 81.8 cm³/mol. The van der Waals surface area contributed by atoms with Crippen LogP contribution in [0.5, 0.6) is 5.75 Å². The van der Waals surface area contributed by atoms with Crippen LogP contribution in [-0.4, -0.2) is 11.5 Å². The quantitative estimate of drug-likeness (QED) is 0.844. The molecule has 0 saturated heterocycles. The molecule has 3 nitrogen and oxygen atoms in total. The maximum absolute atomic E-state index is 13.2. The molecule has 0 radical (unpaired) electrons. The van der Waals surface area contributed by atoms with Gasteiger partial charge in [-0.25, -0.2) is 9.37 Å². The average molecular weight is 360 g/mol. The van der Waals surface area contributed by atoms with Gasteiger partial charge in [-0.15, -0.1) is 0 Å². The molecule has 0 unspecified atom stereocenters. The molecule has 0 fully saturated rings. The molecule has 0 atom stereocenters. The molecule has 1 aromatic heterocycles. The van der Waals surface area contributed by atoms with Gasteiger partial charge in [-0.05, 0) is 31.2 Å². The molecule has 0 amide bonds. The third kappa shape index (κ3) is 4.08. The van der Waals surface area contributed by atoms with E-state index < -0.39 is 0 Å². The fraction of sp³-hybridized carbons (Fsp3) is 0.214. The Morgan fingerprint density at radius 3 is 2.85 bits per heavy atom. The normalized spacial score (nSPS) is 10.4. The number of benzene rings is 1. The number of anilines is 1. The number of pyridine rings is 1. The molecule has 0 saturated carbocycles. The van der Waals surface area contributed by atoms with Crippen LogP contribution < -0.4 is 10.1 Å². The number of hydrogen-bond donors (Lipinski definition) is 1. The minimum absolute atomic E-state index is 0.175. The minimum atomic E-state index is -0.366. The highest BCUT2D eigenvalue weighted by atomic mass is 79.9. The second-order valence-electron chi connectivity index (χ2n) is 4.05. The Balaban J connectivity index is 2.11. The topological polar surface area (TPSA) is 34.1 Å². The summed E-state index contributed by atoms with van der Waals surface area (Å²) < 4.78 is 19.4. The first-order chi connectivity index (χ1) is 9.58. The lowest BCUT2D eigenvalue weighted by atomic mass is 10.3. The van der Waals surface area contributed by atoms with E-state index in [1.807, 2.05) is 6.92 Å². The van der Waals surface area contributed by atoms with Gasteiger partial charge in [-0.3, -0.25) is 0 Å². The standard InChI is InChI=1S/C14H13BrClFN2O/c1-2-18-14-4-3-12(16)13(19-14)8-20-11-6-9(15)5-10(17)7-11/h3-7H,2,8H2,1H3,(H,18,19). The zero-order chi connectivity index (χ0) is 14.5. The Morgan fingerprint density at radius 2 is 2.15 bits per heavy atom. The summed E-state index contributed by atoms with van der Waals surface area (Å²) >= 11 is 9.29. The van der Waals surface area contributed by atoms with Crippen LogP contribution in [0.15, 0.2) is 34.8 Å². The summed E-state index contributed by atoms with van der Waals surface area (Å²) in [6, 6.07) is 7.92. The highest BCUT2D eigenvalue weighted by molar-refractivity contribution is 9.10. The van der Waals surface area contributed by atoms with E-state index in [1.165, 1.54) is 12.1 Å². The van der Waals surface area contributed by atoms with Gasteiger partial charge >= 0.3 is 0 Å². The van der Waals surface area contributed by atoms with Gasteiger partial charge in [-0.1, -0.05) is 27.5 Å². The maximum atomic E-state index is 13.2. The molecule has 1 heterocycles. The smallest absolute Gasteiger partial charge is 0.132 e. The van der Waals surface area contributed by atoms with Crippen LogP contribution in [0, 0.1) is 5.82 Å². The van der Waals surface area contributed by atoms with E-state index in [4.69, 9.17) is 16.3 Å². The first-order valence-electron chi connectivity index (χ1n) is 6.06. The van der Waals surface area contributed by atoms with E-state index >= 15 is 0 Å². The van der Waals surface area contributed by atoms with Crippen molar-refractivity contribution in [3.63, 3.8) is 0 Å². The van der Waals surface area contributed by atoms with Crippen molar-refractivity contribution in [1.82, 2.24) is 4.98 Å². The van der Waals surface area contributed by atoms with Gasteiger partial charge < -0.3 is 10.1 Å². The van der Waals surface area contributed by atoms with Gasteiger partial charge in [0.2, 0.25) is 0 Å². The first-order valence-corrected chi connectivity index (χ1v) is 7.23. The zero-order valence-corrected chi connectivity index (χ0v) is 13.1. The minimum Gasteiger partial charge on any atom is -0.487 e. The van der Waals surface area contributed by atoms with E-state index in [9.17, 15) is 4.39 Å². The monoisotopic (exact) mass is 358 g/mol. The fourth-order valence-corrected chi connectivity index (χ4v) is 2.23. The van der Waals surface area contributed by atoms with Crippen molar-refractivity contribution < 1.29 is 9.13 Å². The van der Waals surface area contributed by atoms with Crippen molar-refractivity contribution in [2.75, 3.05) is 11.9 Å². The van der Waals surface area contributed by atoms with E-state index in [1.54, 1.807) is 18.2 Å². The van der Waals surface area contributed by atoms with Crippen molar-refractivity contribution in [2.45, 2.75) is 13.5 Å². The number of hydrogen-bond acceptors (Lipinski definition) is 3. The van der Waals surface area contributed by atoms with Crippen LogP contribution in [0.3, 0.4) is 0 Å². The molecule has 6 heteroatoms. The van der Waals surface area contributed by atoms with Crippen molar-refractivity contribution in [1.29, 1.82) is 0 Å². The van der Waals surface area contributed by atoms with Crippen LogP contribution in [0.1, 0.15) is 12.6 Å². The van der Waals surface area contributed by atoms with Crippen molar-refractivity contribution in [2.24, 2.45) is 0 Å². The number of nitrogens with zero attached hydrogens (tertiary/aromatic N) is 1.